The number of hydrogen-bond acceptors (Lipinski definition) is 7. The zero-order chi connectivity index (χ0) is 23.2. The van der Waals surface area contributed by atoms with Crippen LogP contribution in [0.3, 0.4) is 0 Å². The van der Waals surface area contributed by atoms with Crippen molar-refractivity contribution in [2.75, 3.05) is 31.7 Å². The first-order valence-electron chi connectivity index (χ1n) is 11.3. The van der Waals surface area contributed by atoms with Gasteiger partial charge in [-0.05, 0) is 41.8 Å². The molecule has 0 spiro atoms. The Bertz CT molecular complexity index is 993. The number of hydrogen-bond donors (Lipinski definition) is 4. The highest BCUT2D eigenvalue weighted by molar-refractivity contribution is 5.99. The van der Waals surface area contributed by atoms with E-state index in [1.54, 1.807) is 12.3 Å². The molecule has 2 heterocycles. The van der Waals surface area contributed by atoms with Crippen molar-refractivity contribution in [2.45, 2.75) is 31.9 Å². The summed E-state index contributed by atoms with van der Waals surface area (Å²) in [6.07, 6.45) is 4.00. The number of benzene rings is 1. The molecule has 9 nitrogen and oxygen atoms in total. The Balaban J connectivity index is 1.41. The number of carbonyl (C=O) groups excluding carboxylic acids is 2. The Hall–Kier alpha value is -3.01. The molecule has 1 saturated heterocycles. The summed E-state index contributed by atoms with van der Waals surface area (Å²) in [6.45, 7) is 1.84. The number of amides is 2. The van der Waals surface area contributed by atoms with Crippen molar-refractivity contribution in [3.63, 3.8) is 0 Å². The largest absolute Gasteiger partial charge is 0.490 e. The molecule has 1 saturated carbocycles. The number of aliphatic hydroxyl groups excluding tert-OH is 1. The van der Waals surface area contributed by atoms with Crippen molar-refractivity contribution < 1.29 is 24.2 Å². The van der Waals surface area contributed by atoms with E-state index in [1.807, 2.05) is 24.3 Å². The number of rotatable bonds is 9. The number of nitrogens with one attached hydrogen (secondary N) is 2. The fourth-order valence-electron chi connectivity index (χ4n) is 3.99. The van der Waals surface area contributed by atoms with Crippen molar-refractivity contribution in [1.29, 1.82) is 0 Å². The SMILES string of the molecule is NCc1cc(-c2ccnc(NC(=O)[C@@H]3C[C@H]3C(=O)NCCO)c2)ccc1OC1CCOCC1. The van der Waals surface area contributed by atoms with Crippen LogP contribution < -0.4 is 21.1 Å². The van der Waals surface area contributed by atoms with Gasteiger partial charge in [0.2, 0.25) is 11.8 Å². The second-order valence-corrected chi connectivity index (χ2v) is 8.34. The van der Waals surface area contributed by atoms with Crippen LogP contribution in [0.4, 0.5) is 5.82 Å². The Labute approximate surface area is 192 Å². The molecule has 0 unspecified atom stereocenters. The van der Waals surface area contributed by atoms with Gasteiger partial charge in [0.1, 0.15) is 17.7 Å². The molecular formula is C24H30N4O5. The van der Waals surface area contributed by atoms with Crippen molar-refractivity contribution in [3.8, 4) is 16.9 Å². The predicted molar refractivity (Wildman–Crippen MR) is 122 cm³/mol. The van der Waals surface area contributed by atoms with Gasteiger partial charge in [-0.15, -0.1) is 0 Å². The van der Waals surface area contributed by atoms with E-state index in [9.17, 15) is 9.59 Å². The maximum atomic E-state index is 12.5. The van der Waals surface area contributed by atoms with Gasteiger partial charge in [0.15, 0.2) is 0 Å². The van der Waals surface area contributed by atoms with Crippen LogP contribution in [0.1, 0.15) is 24.8 Å². The number of aliphatic hydroxyl groups is 1. The molecule has 0 bridgehead atoms. The van der Waals surface area contributed by atoms with Crippen molar-refractivity contribution in [2.24, 2.45) is 17.6 Å². The number of pyridine rings is 1. The molecule has 4 rings (SSSR count). The van der Waals surface area contributed by atoms with Crippen LogP contribution in [0, 0.1) is 11.8 Å². The van der Waals surface area contributed by atoms with Gasteiger partial charge in [-0.2, -0.15) is 0 Å². The quantitative estimate of drug-likeness (QED) is 0.450. The van der Waals surface area contributed by atoms with E-state index in [2.05, 4.69) is 15.6 Å². The molecule has 2 atom stereocenters. The Morgan fingerprint density at radius 1 is 1.12 bits per heavy atom. The van der Waals surface area contributed by atoms with E-state index in [0.717, 1.165) is 35.3 Å². The molecule has 176 valence electrons. The van der Waals surface area contributed by atoms with E-state index in [0.29, 0.717) is 32.0 Å². The van der Waals surface area contributed by atoms with Gasteiger partial charge in [-0.3, -0.25) is 9.59 Å². The van der Waals surface area contributed by atoms with E-state index in [1.165, 1.54) is 0 Å². The second kappa shape index (κ2) is 10.7. The van der Waals surface area contributed by atoms with Gasteiger partial charge in [-0.1, -0.05) is 6.07 Å². The lowest BCUT2D eigenvalue weighted by molar-refractivity contribution is -0.125. The summed E-state index contributed by atoms with van der Waals surface area (Å²) < 4.78 is 11.5. The lowest BCUT2D eigenvalue weighted by Gasteiger charge is -2.24. The Morgan fingerprint density at radius 2 is 1.88 bits per heavy atom. The number of carbonyl (C=O) groups is 2. The fourth-order valence-corrected chi connectivity index (χ4v) is 3.99. The number of aromatic nitrogens is 1. The first kappa shape index (κ1) is 23.2. The summed E-state index contributed by atoms with van der Waals surface area (Å²) in [5, 5.41) is 14.2. The molecular weight excluding hydrogens is 424 g/mol. The van der Waals surface area contributed by atoms with Crippen molar-refractivity contribution in [3.05, 3.63) is 42.1 Å². The highest BCUT2D eigenvalue weighted by atomic mass is 16.5. The minimum Gasteiger partial charge on any atom is -0.490 e. The molecule has 1 aliphatic heterocycles. The van der Waals surface area contributed by atoms with Crippen molar-refractivity contribution >= 4 is 17.6 Å². The van der Waals surface area contributed by atoms with Gasteiger partial charge in [0.25, 0.3) is 0 Å². The maximum absolute atomic E-state index is 12.5. The third-order valence-corrected chi connectivity index (χ3v) is 5.96. The van der Waals surface area contributed by atoms with Gasteiger partial charge < -0.3 is 30.9 Å². The van der Waals surface area contributed by atoms with Crippen LogP contribution in [-0.2, 0) is 20.9 Å². The lowest BCUT2D eigenvalue weighted by Crippen LogP contribution is -2.29. The van der Waals surface area contributed by atoms with Crippen LogP contribution in [0.25, 0.3) is 11.1 Å². The lowest BCUT2D eigenvalue weighted by atomic mass is 10.0. The average Bonchev–Trinajstić information content (AvgIpc) is 3.65. The number of anilines is 1. The summed E-state index contributed by atoms with van der Waals surface area (Å²) in [4.78, 5) is 28.7. The van der Waals surface area contributed by atoms with E-state index < -0.39 is 0 Å². The number of nitrogens with zero attached hydrogens (tertiary/aromatic N) is 1. The molecule has 0 radical (unpaired) electrons. The van der Waals surface area contributed by atoms with Crippen LogP contribution in [-0.4, -0.2) is 54.4 Å². The molecule has 1 aromatic carbocycles. The monoisotopic (exact) mass is 454 g/mol. The predicted octanol–water partition coefficient (Wildman–Crippen LogP) is 1.45. The van der Waals surface area contributed by atoms with Gasteiger partial charge >= 0.3 is 0 Å². The van der Waals surface area contributed by atoms with Gasteiger partial charge in [0.05, 0.1) is 31.7 Å². The summed E-state index contributed by atoms with van der Waals surface area (Å²) >= 11 is 0. The summed E-state index contributed by atoms with van der Waals surface area (Å²) in [5.74, 6) is 0.0513. The maximum Gasteiger partial charge on any atom is 0.229 e. The number of ether oxygens (including phenoxy) is 2. The van der Waals surface area contributed by atoms with Crippen LogP contribution >= 0.6 is 0 Å². The minimum atomic E-state index is -0.375. The summed E-state index contributed by atoms with van der Waals surface area (Å²) in [7, 11) is 0. The average molecular weight is 455 g/mol. The third kappa shape index (κ3) is 5.87. The smallest absolute Gasteiger partial charge is 0.229 e. The van der Waals surface area contributed by atoms with Crippen LogP contribution in [0.15, 0.2) is 36.5 Å². The van der Waals surface area contributed by atoms with E-state index >= 15 is 0 Å². The molecule has 1 aliphatic carbocycles. The summed E-state index contributed by atoms with van der Waals surface area (Å²) in [6, 6.07) is 9.57. The molecule has 2 fully saturated rings. The van der Waals surface area contributed by atoms with Crippen LogP contribution in [0.5, 0.6) is 5.75 Å². The van der Waals surface area contributed by atoms with E-state index in [4.69, 9.17) is 20.3 Å². The molecule has 5 N–H and O–H groups in total. The molecule has 33 heavy (non-hydrogen) atoms. The summed E-state index contributed by atoms with van der Waals surface area (Å²) in [5.41, 5.74) is 8.73. The molecule has 2 aromatic rings. The van der Waals surface area contributed by atoms with Gasteiger partial charge in [-0.25, -0.2) is 4.98 Å². The normalized spacial score (nSPS) is 20.2. The third-order valence-electron chi connectivity index (χ3n) is 5.96. The van der Waals surface area contributed by atoms with Gasteiger partial charge in [0, 0.05) is 37.7 Å². The Morgan fingerprint density at radius 3 is 2.64 bits per heavy atom. The highest BCUT2D eigenvalue weighted by Crippen LogP contribution is 2.39. The minimum absolute atomic E-state index is 0.124. The zero-order valence-corrected chi connectivity index (χ0v) is 18.5. The van der Waals surface area contributed by atoms with Crippen molar-refractivity contribution in [1.82, 2.24) is 10.3 Å². The molecule has 1 aromatic heterocycles. The fraction of sp³-hybridized carbons (Fsp3) is 0.458. The van der Waals surface area contributed by atoms with Crippen LogP contribution in [0.2, 0.25) is 0 Å². The second-order valence-electron chi connectivity index (χ2n) is 8.34. The topological polar surface area (TPSA) is 136 Å². The van der Waals surface area contributed by atoms with E-state index in [-0.39, 0.29) is 42.9 Å². The Kier molecular flexibility index (Phi) is 7.54. The standard InChI is InChI=1S/C24H30N4O5/c25-14-17-11-15(1-2-21(17)33-18-4-9-32-10-5-18)16-3-6-26-22(12-16)28-24(31)20-13-19(20)23(30)27-7-8-29/h1-3,6,11-12,18-20,29H,4-5,7-10,13-14,25H2,(H,27,30)(H,26,28,31)/t19-,20-/m1/s1. The molecule has 2 aliphatic rings. The number of nitrogens with two attached hydrogens (primary N) is 1. The highest BCUT2D eigenvalue weighted by Gasteiger charge is 2.48. The molecule has 9 heteroatoms. The zero-order valence-electron chi connectivity index (χ0n) is 18.5. The molecule has 2 amide bonds. The first-order valence-corrected chi connectivity index (χ1v) is 11.3. The first-order chi connectivity index (χ1) is 16.1.